The first-order valence-corrected chi connectivity index (χ1v) is 16.7. The number of benzene rings is 5. The SMILES string of the molecule is Cc1ccc(C(NCCNC(=O)[C@@H](C)N(C)C(=O)OCC2c3ccccc3-c3ccccc32)(c2ccccc2)c2ccccc2Cl)cc1. The van der Waals surface area contributed by atoms with Crippen molar-refractivity contribution in [1.82, 2.24) is 15.5 Å². The summed E-state index contributed by atoms with van der Waals surface area (Å²) in [5.41, 5.74) is 7.95. The van der Waals surface area contributed by atoms with Crippen LogP contribution in [0.15, 0.2) is 127 Å². The van der Waals surface area contributed by atoms with Gasteiger partial charge < -0.3 is 10.1 Å². The Morgan fingerprint density at radius 1 is 0.771 bits per heavy atom. The third-order valence-electron chi connectivity index (χ3n) is 9.37. The van der Waals surface area contributed by atoms with Crippen LogP contribution in [0.4, 0.5) is 4.79 Å². The van der Waals surface area contributed by atoms with Gasteiger partial charge in [-0.1, -0.05) is 138 Å². The highest BCUT2D eigenvalue weighted by molar-refractivity contribution is 6.31. The van der Waals surface area contributed by atoms with Crippen molar-refractivity contribution in [2.45, 2.75) is 31.3 Å². The fourth-order valence-corrected chi connectivity index (χ4v) is 6.92. The monoisotopic (exact) mass is 657 g/mol. The summed E-state index contributed by atoms with van der Waals surface area (Å²) < 4.78 is 5.79. The van der Waals surface area contributed by atoms with E-state index >= 15 is 0 Å². The number of fused-ring (bicyclic) bond motifs is 3. The van der Waals surface area contributed by atoms with E-state index in [1.807, 2.05) is 66.7 Å². The van der Waals surface area contributed by atoms with E-state index in [1.165, 1.54) is 4.90 Å². The Hall–Kier alpha value is -4.91. The van der Waals surface area contributed by atoms with Gasteiger partial charge in [-0.05, 0) is 58.9 Å². The summed E-state index contributed by atoms with van der Waals surface area (Å²) in [5.74, 6) is -0.326. The van der Waals surface area contributed by atoms with Crippen molar-refractivity contribution in [3.05, 3.63) is 166 Å². The van der Waals surface area contributed by atoms with E-state index in [2.05, 4.69) is 78.2 Å². The minimum Gasteiger partial charge on any atom is -0.448 e. The molecule has 48 heavy (non-hydrogen) atoms. The molecule has 2 amide bonds. The third-order valence-corrected chi connectivity index (χ3v) is 9.70. The Kier molecular flexibility index (Phi) is 9.95. The lowest BCUT2D eigenvalue weighted by molar-refractivity contribution is -0.125. The highest BCUT2D eigenvalue weighted by atomic mass is 35.5. The Morgan fingerprint density at radius 3 is 1.98 bits per heavy atom. The van der Waals surface area contributed by atoms with Gasteiger partial charge in [-0.2, -0.15) is 0 Å². The number of aryl methyl sites for hydroxylation is 1. The number of carbonyl (C=O) groups excluding carboxylic acids is 2. The average molecular weight is 658 g/mol. The Bertz CT molecular complexity index is 1850. The first-order chi connectivity index (χ1) is 23.3. The van der Waals surface area contributed by atoms with Crippen molar-refractivity contribution in [3.8, 4) is 11.1 Å². The number of halogens is 1. The number of hydrogen-bond acceptors (Lipinski definition) is 4. The Morgan fingerprint density at radius 2 is 1.33 bits per heavy atom. The summed E-state index contributed by atoms with van der Waals surface area (Å²) in [6.45, 7) is 4.72. The molecule has 7 heteroatoms. The van der Waals surface area contributed by atoms with Crippen LogP contribution in [0.3, 0.4) is 0 Å². The van der Waals surface area contributed by atoms with Gasteiger partial charge in [-0.25, -0.2) is 4.79 Å². The maximum absolute atomic E-state index is 13.3. The molecule has 0 heterocycles. The van der Waals surface area contributed by atoms with Crippen LogP contribution in [0.25, 0.3) is 11.1 Å². The highest BCUT2D eigenvalue weighted by Crippen LogP contribution is 2.44. The second-order valence-electron chi connectivity index (χ2n) is 12.3. The van der Waals surface area contributed by atoms with Gasteiger partial charge in [0, 0.05) is 31.1 Å². The normalized spacial score (nSPS) is 13.9. The van der Waals surface area contributed by atoms with E-state index in [1.54, 1.807) is 14.0 Å². The molecule has 0 saturated carbocycles. The number of rotatable bonds is 11. The van der Waals surface area contributed by atoms with Gasteiger partial charge in [0.15, 0.2) is 0 Å². The lowest BCUT2D eigenvalue weighted by atomic mass is 9.76. The smallest absolute Gasteiger partial charge is 0.410 e. The number of ether oxygens (including phenoxy) is 1. The molecule has 0 fully saturated rings. The minimum atomic E-state index is -0.776. The summed E-state index contributed by atoms with van der Waals surface area (Å²) in [6.07, 6.45) is -0.543. The number of nitrogens with zero attached hydrogens (tertiary/aromatic N) is 1. The third kappa shape index (κ3) is 6.46. The topological polar surface area (TPSA) is 70.7 Å². The molecular formula is C41H40ClN3O3. The maximum atomic E-state index is 13.3. The minimum absolute atomic E-state index is 0.0542. The quantitative estimate of drug-likeness (QED) is 0.112. The van der Waals surface area contributed by atoms with Crippen LogP contribution in [-0.2, 0) is 15.1 Å². The van der Waals surface area contributed by atoms with E-state index in [4.69, 9.17) is 16.3 Å². The second-order valence-corrected chi connectivity index (χ2v) is 12.7. The molecule has 0 bridgehead atoms. The van der Waals surface area contributed by atoms with E-state index in [0.29, 0.717) is 18.1 Å². The standard InChI is InChI=1S/C41H40ClN3O3/c1-28-21-23-31(24-22-28)41(30-13-5-4-6-14-30,37-19-11-12-20-38(37)42)44-26-25-43-39(46)29(2)45(3)40(47)48-27-36-34-17-9-7-15-32(34)33-16-8-10-18-35(33)36/h4-24,29,36,44H,25-27H2,1-3H3,(H,43,46)/t29-,41?/m1/s1. The molecule has 1 aliphatic rings. The van der Waals surface area contributed by atoms with E-state index in [-0.39, 0.29) is 18.4 Å². The molecule has 6 nitrogen and oxygen atoms in total. The van der Waals surface area contributed by atoms with Crippen LogP contribution in [0, 0.1) is 6.92 Å². The first kappa shape index (κ1) is 33.0. The zero-order valence-electron chi connectivity index (χ0n) is 27.5. The van der Waals surface area contributed by atoms with E-state index in [0.717, 1.165) is 44.5 Å². The predicted octanol–water partition coefficient (Wildman–Crippen LogP) is 7.92. The number of carbonyl (C=O) groups is 2. The number of likely N-dealkylation sites (N-methyl/N-ethyl adjacent to an activating group) is 1. The Labute approximate surface area is 287 Å². The van der Waals surface area contributed by atoms with Gasteiger partial charge in [0.1, 0.15) is 12.6 Å². The molecule has 0 spiro atoms. The molecule has 0 saturated heterocycles. The van der Waals surface area contributed by atoms with Crippen molar-refractivity contribution >= 4 is 23.6 Å². The highest BCUT2D eigenvalue weighted by Gasteiger charge is 2.37. The largest absolute Gasteiger partial charge is 0.448 e. The van der Waals surface area contributed by atoms with Crippen molar-refractivity contribution in [2.24, 2.45) is 0 Å². The molecule has 2 atom stereocenters. The number of amides is 2. The summed E-state index contributed by atoms with van der Waals surface area (Å²) in [7, 11) is 1.59. The predicted molar refractivity (Wildman–Crippen MR) is 192 cm³/mol. The zero-order valence-corrected chi connectivity index (χ0v) is 28.2. The van der Waals surface area contributed by atoms with Crippen molar-refractivity contribution < 1.29 is 14.3 Å². The van der Waals surface area contributed by atoms with Gasteiger partial charge in [-0.3, -0.25) is 15.0 Å². The molecule has 0 aliphatic heterocycles. The molecule has 244 valence electrons. The molecule has 0 aromatic heterocycles. The van der Waals surface area contributed by atoms with Crippen molar-refractivity contribution in [1.29, 1.82) is 0 Å². The average Bonchev–Trinajstić information content (AvgIpc) is 3.44. The number of hydrogen-bond donors (Lipinski definition) is 2. The van der Waals surface area contributed by atoms with Gasteiger partial charge in [-0.15, -0.1) is 0 Å². The van der Waals surface area contributed by atoms with Crippen LogP contribution in [-0.4, -0.2) is 49.7 Å². The summed E-state index contributed by atoms with van der Waals surface area (Å²) in [6, 6.07) is 42.1. The van der Waals surface area contributed by atoms with Crippen LogP contribution in [0.2, 0.25) is 5.02 Å². The molecule has 5 aromatic carbocycles. The first-order valence-electron chi connectivity index (χ1n) is 16.3. The molecule has 5 aromatic rings. The Balaban J connectivity index is 1.12. The molecule has 1 unspecified atom stereocenters. The van der Waals surface area contributed by atoms with Crippen molar-refractivity contribution in [3.63, 3.8) is 0 Å². The molecular weight excluding hydrogens is 618 g/mol. The van der Waals surface area contributed by atoms with Crippen LogP contribution < -0.4 is 10.6 Å². The van der Waals surface area contributed by atoms with Gasteiger partial charge in [0.2, 0.25) is 5.91 Å². The summed E-state index contributed by atoms with van der Waals surface area (Å²) in [4.78, 5) is 27.8. The van der Waals surface area contributed by atoms with Crippen LogP contribution in [0.1, 0.15) is 46.2 Å². The number of nitrogens with one attached hydrogen (secondary N) is 2. The van der Waals surface area contributed by atoms with Crippen molar-refractivity contribution in [2.75, 3.05) is 26.7 Å². The van der Waals surface area contributed by atoms with Gasteiger partial charge in [0.25, 0.3) is 0 Å². The maximum Gasteiger partial charge on any atom is 0.410 e. The van der Waals surface area contributed by atoms with Gasteiger partial charge in [0.05, 0.1) is 5.54 Å². The van der Waals surface area contributed by atoms with E-state index in [9.17, 15) is 9.59 Å². The fraction of sp³-hybridized carbons (Fsp3) is 0.220. The second kappa shape index (κ2) is 14.5. The van der Waals surface area contributed by atoms with Crippen LogP contribution in [0.5, 0.6) is 0 Å². The summed E-state index contributed by atoms with van der Waals surface area (Å²) >= 11 is 6.87. The van der Waals surface area contributed by atoms with Gasteiger partial charge >= 0.3 is 6.09 Å². The zero-order chi connectivity index (χ0) is 33.7. The fourth-order valence-electron chi connectivity index (χ4n) is 6.65. The molecule has 1 aliphatic carbocycles. The summed E-state index contributed by atoms with van der Waals surface area (Å²) in [5, 5.41) is 7.40. The lowest BCUT2D eigenvalue weighted by Gasteiger charge is -2.38. The molecule has 2 N–H and O–H groups in total. The van der Waals surface area contributed by atoms with Crippen LogP contribution >= 0.6 is 11.6 Å². The van der Waals surface area contributed by atoms with E-state index < -0.39 is 17.7 Å². The lowest BCUT2D eigenvalue weighted by Crippen LogP contribution is -2.50. The molecule has 0 radical (unpaired) electrons. The molecule has 6 rings (SSSR count).